The highest BCUT2D eigenvalue weighted by Gasteiger charge is 2.18. The number of carbonyl (C=O) groups is 1. The number of nitrogens with zero attached hydrogens (tertiary/aromatic N) is 2. The average molecular weight is 431 g/mol. The maximum Gasteiger partial charge on any atom is 0.289 e. The maximum atomic E-state index is 12.7. The number of hydrazone groups is 1. The highest BCUT2D eigenvalue weighted by atomic mass is 16.2. The molecule has 0 bridgehead atoms. The van der Waals surface area contributed by atoms with Crippen LogP contribution in [0.3, 0.4) is 0 Å². The molecule has 0 saturated heterocycles. The molecule has 0 atom stereocenters. The van der Waals surface area contributed by atoms with E-state index < -0.39 is 0 Å². The second-order valence-electron chi connectivity index (χ2n) is 8.48. The Balaban J connectivity index is 1.25. The molecule has 2 N–H and O–H groups in total. The summed E-state index contributed by atoms with van der Waals surface area (Å²) in [5.74, 6) is -0.320. The topological polar surface area (TPSA) is 70.1 Å². The first-order valence-electron chi connectivity index (χ1n) is 11.1. The van der Waals surface area contributed by atoms with Gasteiger partial charge in [0.1, 0.15) is 5.69 Å². The fourth-order valence-corrected chi connectivity index (χ4v) is 4.72. The number of nitrogens with one attached hydrogen (secondary N) is 2. The van der Waals surface area contributed by atoms with Gasteiger partial charge < -0.3 is 0 Å². The number of rotatable bonds is 4. The number of H-pyrrole nitrogens is 1. The van der Waals surface area contributed by atoms with Crippen molar-refractivity contribution < 1.29 is 4.79 Å². The summed E-state index contributed by atoms with van der Waals surface area (Å²) in [4.78, 5) is 12.7. The molecule has 0 unspecified atom stereocenters. The molecule has 1 aliphatic carbocycles. The molecule has 33 heavy (non-hydrogen) atoms. The molecule has 1 heterocycles. The van der Waals surface area contributed by atoms with Crippen molar-refractivity contribution in [2.24, 2.45) is 5.10 Å². The van der Waals surface area contributed by atoms with Crippen LogP contribution in [-0.2, 0) is 12.8 Å². The van der Waals surface area contributed by atoms with Gasteiger partial charge in [0.25, 0.3) is 5.91 Å². The summed E-state index contributed by atoms with van der Waals surface area (Å²) in [5.41, 5.74) is 9.29. The van der Waals surface area contributed by atoms with Crippen LogP contribution < -0.4 is 5.43 Å². The summed E-state index contributed by atoms with van der Waals surface area (Å²) in [6.07, 6.45) is 2.16. The standard InChI is InChI=1S/C28H22N4O/c1-17(21-12-9-18-5-2-3-6-22(18)15-21)29-32-28(33)26-16-25(30-31-26)23-14-13-20-11-10-19-7-4-8-24(23)27(19)20/h2-9,12-16H,10-11H2,1H3,(H,30,31)(H,32,33)/b29-17+. The second kappa shape index (κ2) is 7.71. The van der Waals surface area contributed by atoms with Crippen molar-refractivity contribution in [1.29, 1.82) is 0 Å². The van der Waals surface area contributed by atoms with Crippen molar-refractivity contribution in [2.75, 3.05) is 0 Å². The van der Waals surface area contributed by atoms with Crippen LogP contribution in [0.4, 0.5) is 0 Å². The number of benzene rings is 4. The number of aromatic nitrogens is 2. The zero-order chi connectivity index (χ0) is 22.4. The summed E-state index contributed by atoms with van der Waals surface area (Å²) >= 11 is 0. The van der Waals surface area contributed by atoms with E-state index in [1.165, 1.54) is 27.3 Å². The van der Waals surface area contributed by atoms with Crippen molar-refractivity contribution in [3.63, 3.8) is 0 Å². The molecule has 5 aromatic rings. The number of aryl methyl sites for hydroxylation is 2. The van der Waals surface area contributed by atoms with Crippen molar-refractivity contribution >= 4 is 33.2 Å². The average Bonchev–Trinajstić information content (AvgIpc) is 3.51. The Hall–Kier alpha value is -4.25. The molecule has 6 rings (SSSR count). The highest BCUT2D eigenvalue weighted by molar-refractivity contribution is 6.04. The van der Waals surface area contributed by atoms with E-state index in [2.05, 4.69) is 75.3 Å². The fraction of sp³-hybridized carbons (Fsp3) is 0.107. The number of hydrogen-bond donors (Lipinski definition) is 2. The van der Waals surface area contributed by atoms with Gasteiger partial charge in [-0.1, -0.05) is 66.7 Å². The Morgan fingerprint density at radius 2 is 1.73 bits per heavy atom. The Bertz CT molecular complexity index is 1570. The normalized spacial score (nSPS) is 13.1. The van der Waals surface area contributed by atoms with Crippen molar-refractivity contribution in [3.8, 4) is 11.3 Å². The molecule has 1 aliphatic rings. The molecule has 0 fully saturated rings. The largest absolute Gasteiger partial charge is 0.289 e. The quantitative estimate of drug-likeness (QED) is 0.286. The van der Waals surface area contributed by atoms with E-state index in [9.17, 15) is 4.79 Å². The third-order valence-corrected chi connectivity index (χ3v) is 6.47. The van der Waals surface area contributed by atoms with Crippen LogP contribution in [0.1, 0.15) is 34.1 Å². The molecule has 0 saturated carbocycles. The molecule has 160 valence electrons. The van der Waals surface area contributed by atoms with E-state index >= 15 is 0 Å². The predicted molar refractivity (Wildman–Crippen MR) is 133 cm³/mol. The lowest BCUT2D eigenvalue weighted by Crippen LogP contribution is -2.19. The molecular weight excluding hydrogens is 408 g/mol. The van der Waals surface area contributed by atoms with Crippen molar-refractivity contribution in [2.45, 2.75) is 19.8 Å². The lowest BCUT2D eigenvalue weighted by atomic mass is 9.98. The number of fused-ring (bicyclic) bond motifs is 1. The Labute approximate surface area is 191 Å². The second-order valence-corrected chi connectivity index (χ2v) is 8.48. The molecule has 1 amide bonds. The first kappa shape index (κ1) is 19.4. The fourth-order valence-electron chi connectivity index (χ4n) is 4.72. The van der Waals surface area contributed by atoms with Gasteiger partial charge in [0, 0.05) is 5.56 Å². The minimum absolute atomic E-state index is 0.320. The molecule has 0 aliphatic heterocycles. The molecule has 4 aromatic carbocycles. The lowest BCUT2D eigenvalue weighted by Gasteiger charge is -2.06. The minimum atomic E-state index is -0.320. The summed E-state index contributed by atoms with van der Waals surface area (Å²) in [6, 6.07) is 26.8. The molecule has 5 heteroatoms. The van der Waals surface area contributed by atoms with Crippen LogP contribution in [0.5, 0.6) is 0 Å². The Morgan fingerprint density at radius 3 is 2.61 bits per heavy atom. The maximum absolute atomic E-state index is 12.7. The van der Waals surface area contributed by atoms with Crippen molar-refractivity contribution in [3.05, 3.63) is 101 Å². The summed E-state index contributed by atoms with van der Waals surface area (Å²) < 4.78 is 0. The number of aromatic amines is 1. The third-order valence-electron chi connectivity index (χ3n) is 6.47. The van der Waals surface area contributed by atoms with Gasteiger partial charge in [-0.3, -0.25) is 9.89 Å². The number of hydrogen-bond acceptors (Lipinski definition) is 3. The molecule has 5 nitrogen and oxygen atoms in total. The van der Waals surface area contributed by atoms with Crippen LogP contribution in [-0.4, -0.2) is 21.8 Å². The number of amides is 1. The summed E-state index contributed by atoms with van der Waals surface area (Å²) in [5, 5.41) is 16.4. The zero-order valence-electron chi connectivity index (χ0n) is 18.2. The van der Waals surface area contributed by atoms with Gasteiger partial charge in [-0.2, -0.15) is 10.2 Å². The SMILES string of the molecule is C/C(=N\NC(=O)c1cc(-c2ccc3c4c(cccc24)CC3)n[nH]1)c1ccc2ccccc2c1. The van der Waals surface area contributed by atoms with Gasteiger partial charge >= 0.3 is 0 Å². The first-order valence-corrected chi connectivity index (χ1v) is 11.1. The van der Waals surface area contributed by atoms with Crippen LogP contribution in [0.25, 0.3) is 32.8 Å². The molecule has 1 aromatic heterocycles. The van der Waals surface area contributed by atoms with Gasteiger partial charge in [-0.05, 0) is 70.1 Å². The predicted octanol–water partition coefficient (Wildman–Crippen LogP) is 5.64. The highest BCUT2D eigenvalue weighted by Crippen LogP contribution is 2.36. The van der Waals surface area contributed by atoms with E-state index in [-0.39, 0.29) is 5.91 Å². The van der Waals surface area contributed by atoms with Gasteiger partial charge in [-0.25, -0.2) is 5.43 Å². The molecular formula is C28H22N4O. The minimum Gasteiger partial charge on any atom is -0.272 e. The zero-order valence-corrected chi connectivity index (χ0v) is 18.2. The van der Waals surface area contributed by atoms with Gasteiger partial charge in [-0.15, -0.1) is 0 Å². The third kappa shape index (κ3) is 3.38. The summed E-state index contributed by atoms with van der Waals surface area (Å²) in [6.45, 7) is 1.88. The van der Waals surface area contributed by atoms with Gasteiger partial charge in [0.2, 0.25) is 0 Å². The number of carbonyl (C=O) groups excluding carboxylic acids is 1. The monoisotopic (exact) mass is 430 g/mol. The van der Waals surface area contributed by atoms with Gasteiger partial charge in [0.15, 0.2) is 0 Å². The van der Waals surface area contributed by atoms with E-state index in [0.717, 1.165) is 40.8 Å². The first-order chi connectivity index (χ1) is 16.2. The summed E-state index contributed by atoms with van der Waals surface area (Å²) in [7, 11) is 0. The van der Waals surface area contributed by atoms with Gasteiger partial charge in [0.05, 0.1) is 11.4 Å². The Kier molecular flexibility index (Phi) is 4.54. The molecule has 0 radical (unpaired) electrons. The van der Waals surface area contributed by atoms with Crippen LogP contribution in [0.15, 0.2) is 84.0 Å². The van der Waals surface area contributed by atoms with Crippen LogP contribution in [0, 0.1) is 0 Å². The van der Waals surface area contributed by atoms with E-state index in [1.54, 1.807) is 6.07 Å². The van der Waals surface area contributed by atoms with Crippen LogP contribution in [0.2, 0.25) is 0 Å². The van der Waals surface area contributed by atoms with E-state index in [4.69, 9.17) is 0 Å². The molecule has 0 spiro atoms. The van der Waals surface area contributed by atoms with E-state index in [1.807, 2.05) is 25.1 Å². The van der Waals surface area contributed by atoms with Crippen LogP contribution >= 0.6 is 0 Å². The van der Waals surface area contributed by atoms with Crippen molar-refractivity contribution in [1.82, 2.24) is 15.6 Å². The lowest BCUT2D eigenvalue weighted by molar-refractivity contribution is 0.0950. The smallest absolute Gasteiger partial charge is 0.272 e. The van der Waals surface area contributed by atoms with E-state index in [0.29, 0.717) is 5.69 Å². The Morgan fingerprint density at radius 1 is 0.909 bits per heavy atom.